The monoisotopic (exact) mass is 223 g/mol. The van der Waals surface area contributed by atoms with Crippen molar-refractivity contribution in [2.75, 3.05) is 0 Å². The summed E-state index contributed by atoms with van der Waals surface area (Å²) in [5.74, 6) is 0.783. The van der Waals surface area contributed by atoms with E-state index in [4.69, 9.17) is 5.73 Å². The standard InChI is InChI=1S/C11H21N5/c1-16-14-10(13-15-16)9-11(12)7-5-3-2-4-6-8-11/h2-9,12H2,1H3. The Morgan fingerprint density at radius 3 is 2.38 bits per heavy atom. The van der Waals surface area contributed by atoms with Gasteiger partial charge in [-0.3, -0.25) is 0 Å². The highest BCUT2D eigenvalue weighted by molar-refractivity contribution is 4.95. The zero-order valence-corrected chi connectivity index (χ0v) is 10.0. The number of aryl methyl sites for hydroxylation is 1. The Kier molecular flexibility index (Phi) is 3.53. The van der Waals surface area contributed by atoms with E-state index in [9.17, 15) is 0 Å². The third-order valence-electron chi connectivity index (χ3n) is 3.41. The number of hydrogen-bond acceptors (Lipinski definition) is 4. The van der Waals surface area contributed by atoms with Crippen LogP contribution in [0.3, 0.4) is 0 Å². The lowest BCUT2D eigenvalue weighted by molar-refractivity contribution is 0.309. The molecular formula is C11H21N5. The van der Waals surface area contributed by atoms with Gasteiger partial charge in [-0.1, -0.05) is 32.1 Å². The van der Waals surface area contributed by atoms with Crippen LogP contribution in [0.1, 0.15) is 50.8 Å². The zero-order valence-electron chi connectivity index (χ0n) is 10.0. The lowest BCUT2D eigenvalue weighted by Gasteiger charge is -2.30. The van der Waals surface area contributed by atoms with Crippen molar-refractivity contribution in [3.8, 4) is 0 Å². The van der Waals surface area contributed by atoms with Crippen LogP contribution in [-0.2, 0) is 13.5 Å². The Hall–Kier alpha value is -0.970. The molecule has 1 aromatic rings. The molecule has 0 bridgehead atoms. The Morgan fingerprint density at radius 1 is 1.19 bits per heavy atom. The zero-order chi connectivity index (χ0) is 11.4. The summed E-state index contributed by atoms with van der Waals surface area (Å²) in [5, 5.41) is 12.1. The molecule has 0 atom stereocenters. The van der Waals surface area contributed by atoms with Gasteiger partial charge >= 0.3 is 0 Å². The van der Waals surface area contributed by atoms with Crippen molar-refractivity contribution in [2.45, 2.75) is 56.9 Å². The fourth-order valence-electron chi connectivity index (χ4n) is 2.50. The fourth-order valence-corrected chi connectivity index (χ4v) is 2.50. The minimum Gasteiger partial charge on any atom is -0.325 e. The van der Waals surface area contributed by atoms with E-state index in [1.165, 1.54) is 36.9 Å². The highest BCUT2D eigenvalue weighted by atomic mass is 15.6. The quantitative estimate of drug-likeness (QED) is 0.817. The first-order valence-electron chi connectivity index (χ1n) is 6.20. The van der Waals surface area contributed by atoms with Crippen LogP contribution in [0.25, 0.3) is 0 Å². The molecule has 1 aromatic heterocycles. The first kappa shape index (κ1) is 11.5. The van der Waals surface area contributed by atoms with Crippen LogP contribution >= 0.6 is 0 Å². The maximum Gasteiger partial charge on any atom is 0.176 e. The maximum absolute atomic E-state index is 6.45. The molecule has 2 N–H and O–H groups in total. The van der Waals surface area contributed by atoms with Crippen molar-refractivity contribution in [2.24, 2.45) is 12.8 Å². The summed E-state index contributed by atoms with van der Waals surface area (Å²) >= 11 is 0. The number of nitrogens with zero attached hydrogens (tertiary/aromatic N) is 4. The largest absolute Gasteiger partial charge is 0.325 e. The summed E-state index contributed by atoms with van der Waals surface area (Å²) in [5.41, 5.74) is 6.35. The Bertz CT molecular complexity index is 325. The third-order valence-corrected chi connectivity index (χ3v) is 3.41. The molecule has 0 aliphatic heterocycles. The smallest absolute Gasteiger partial charge is 0.176 e. The number of rotatable bonds is 2. The average Bonchev–Trinajstić information content (AvgIpc) is 2.59. The van der Waals surface area contributed by atoms with Gasteiger partial charge < -0.3 is 5.73 Å². The van der Waals surface area contributed by atoms with Gasteiger partial charge in [-0.05, 0) is 18.1 Å². The summed E-state index contributed by atoms with van der Waals surface area (Å²) in [7, 11) is 1.79. The highest BCUT2D eigenvalue weighted by Gasteiger charge is 2.27. The van der Waals surface area contributed by atoms with Gasteiger partial charge in [0.1, 0.15) is 0 Å². The van der Waals surface area contributed by atoms with Crippen LogP contribution in [0.15, 0.2) is 0 Å². The third kappa shape index (κ3) is 3.01. The molecular weight excluding hydrogens is 202 g/mol. The number of nitrogens with two attached hydrogens (primary N) is 1. The van der Waals surface area contributed by atoms with Crippen LogP contribution in [0, 0.1) is 0 Å². The molecule has 0 unspecified atom stereocenters. The predicted octanol–water partition coefficient (Wildman–Crippen LogP) is 1.19. The summed E-state index contributed by atoms with van der Waals surface area (Å²) < 4.78 is 0. The molecule has 1 heterocycles. The first-order chi connectivity index (χ1) is 7.68. The van der Waals surface area contributed by atoms with Crippen molar-refractivity contribution >= 4 is 0 Å². The summed E-state index contributed by atoms with van der Waals surface area (Å²) in [4.78, 5) is 1.50. The summed E-state index contributed by atoms with van der Waals surface area (Å²) in [6.45, 7) is 0. The van der Waals surface area contributed by atoms with E-state index < -0.39 is 0 Å². The van der Waals surface area contributed by atoms with E-state index in [0.717, 1.165) is 25.1 Å². The van der Waals surface area contributed by atoms with E-state index in [1.54, 1.807) is 7.05 Å². The average molecular weight is 223 g/mol. The van der Waals surface area contributed by atoms with Gasteiger partial charge in [0.2, 0.25) is 0 Å². The number of tetrazole rings is 1. The van der Waals surface area contributed by atoms with Crippen LogP contribution in [0.4, 0.5) is 0 Å². The topological polar surface area (TPSA) is 69.6 Å². The van der Waals surface area contributed by atoms with Gasteiger partial charge in [0, 0.05) is 12.0 Å². The van der Waals surface area contributed by atoms with Crippen LogP contribution < -0.4 is 5.73 Å². The van der Waals surface area contributed by atoms with Gasteiger partial charge in [-0.15, -0.1) is 10.2 Å². The lowest BCUT2D eigenvalue weighted by Crippen LogP contribution is -2.42. The van der Waals surface area contributed by atoms with Crippen LogP contribution in [0.2, 0.25) is 0 Å². The molecule has 0 amide bonds. The number of aromatic nitrogens is 4. The van der Waals surface area contributed by atoms with Gasteiger partial charge in [0.25, 0.3) is 0 Å². The Balaban J connectivity index is 1.99. The van der Waals surface area contributed by atoms with Gasteiger partial charge in [-0.2, -0.15) is 4.80 Å². The minimum atomic E-state index is -0.108. The second kappa shape index (κ2) is 4.91. The highest BCUT2D eigenvalue weighted by Crippen LogP contribution is 2.26. The second-order valence-corrected chi connectivity index (χ2v) is 5.00. The van der Waals surface area contributed by atoms with E-state index in [2.05, 4.69) is 15.4 Å². The number of hydrogen-bond donors (Lipinski definition) is 1. The molecule has 90 valence electrons. The van der Waals surface area contributed by atoms with Crippen LogP contribution in [0.5, 0.6) is 0 Å². The Morgan fingerprint density at radius 2 is 1.81 bits per heavy atom. The molecule has 1 aliphatic carbocycles. The molecule has 2 rings (SSSR count). The maximum atomic E-state index is 6.45. The molecule has 5 nitrogen and oxygen atoms in total. The molecule has 0 spiro atoms. The second-order valence-electron chi connectivity index (χ2n) is 5.00. The molecule has 1 fully saturated rings. The van der Waals surface area contributed by atoms with Crippen molar-refractivity contribution in [1.29, 1.82) is 0 Å². The minimum absolute atomic E-state index is 0.108. The molecule has 0 aromatic carbocycles. The molecule has 5 heteroatoms. The van der Waals surface area contributed by atoms with Crippen molar-refractivity contribution in [3.63, 3.8) is 0 Å². The predicted molar refractivity (Wildman–Crippen MR) is 61.7 cm³/mol. The van der Waals surface area contributed by atoms with Crippen molar-refractivity contribution < 1.29 is 0 Å². The molecule has 0 radical (unpaired) electrons. The molecule has 1 aliphatic rings. The molecule has 0 saturated heterocycles. The van der Waals surface area contributed by atoms with E-state index in [-0.39, 0.29) is 5.54 Å². The Labute approximate surface area is 96.4 Å². The fraction of sp³-hybridized carbons (Fsp3) is 0.909. The van der Waals surface area contributed by atoms with Crippen molar-refractivity contribution in [1.82, 2.24) is 20.2 Å². The van der Waals surface area contributed by atoms with E-state index in [1.807, 2.05) is 0 Å². The van der Waals surface area contributed by atoms with Gasteiger partial charge in [0.15, 0.2) is 5.82 Å². The van der Waals surface area contributed by atoms with Gasteiger partial charge in [0.05, 0.1) is 7.05 Å². The van der Waals surface area contributed by atoms with Gasteiger partial charge in [-0.25, -0.2) is 0 Å². The molecule has 16 heavy (non-hydrogen) atoms. The van der Waals surface area contributed by atoms with E-state index >= 15 is 0 Å². The molecule has 1 saturated carbocycles. The van der Waals surface area contributed by atoms with Crippen LogP contribution in [-0.4, -0.2) is 25.7 Å². The van der Waals surface area contributed by atoms with E-state index in [0.29, 0.717) is 0 Å². The lowest BCUT2D eigenvalue weighted by atomic mass is 9.82. The first-order valence-corrected chi connectivity index (χ1v) is 6.20. The van der Waals surface area contributed by atoms with Crippen molar-refractivity contribution in [3.05, 3.63) is 5.82 Å². The summed E-state index contributed by atoms with van der Waals surface area (Å²) in [6.07, 6.45) is 9.39. The summed E-state index contributed by atoms with van der Waals surface area (Å²) in [6, 6.07) is 0. The SMILES string of the molecule is Cn1nnc(CC2(N)CCCCCCC2)n1. The normalized spacial score (nSPS) is 21.4.